The predicted molar refractivity (Wildman–Crippen MR) is 112 cm³/mol. The maximum absolute atomic E-state index is 13.6. The SMILES string of the molecule is COc1cc2[nH]c3c4ccccc4n(-c4ccccc4)c(=O)c3c2cc1OC. The average Bonchev–Trinajstić information content (AvgIpc) is 3.12. The summed E-state index contributed by atoms with van der Waals surface area (Å²) in [6, 6.07) is 21.3. The van der Waals surface area contributed by atoms with Gasteiger partial charge in [0.2, 0.25) is 0 Å². The predicted octanol–water partition coefficient (Wildman–Crippen LogP) is 4.64. The fourth-order valence-corrected chi connectivity index (χ4v) is 3.88. The van der Waals surface area contributed by atoms with Crippen LogP contribution in [0.15, 0.2) is 71.5 Å². The Balaban J connectivity index is 2.02. The van der Waals surface area contributed by atoms with Gasteiger partial charge < -0.3 is 14.5 Å². The molecule has 2 aromatic heterocycles. The van der Waals surface area contributed by atoms with Crippen molar-refractivity contribution in [2.45, 2.75) is 0 Å². The van der Waals surface area contributed by atoms with Crippen molar-refractivity contribution in [2.24, 2.45) is 0 Å². The molecule has 0 spiro atoms. The maximum atomic E-state index is 13.6. The van der Waals surface area contributed by atoms with Crippen LogP contribution in [-0.4, -0.2) is 23.8 Å². The highest BCUT2D eigenvalue weighted by Crippen LogP contribution is 2.36. The van der Waals surface area contributed by atoms with Gasteiger partial charge in [0.25, 0.3) is 5.56 Å². The Hall–Kier alpha value is -3.73. The number of aromatic nitrogens is 2. The van der Waals surface area contributed by atoms with Crippen LogP contribution in [0.1, 0.15) is 0 Å². The Morgan fingerprint density at radius 3 is 2.25 bits per heavy atom. The molecule has 5 aromatic rings. The number of methoxy groups -OCH3 is 2. The molecule has 5 heteroatoms. The fraction of sp³-hybridized carbons (Fsp3) is 0.0870. The largest absolute Gasteiger partial charge is 0.493 e. The van der Waals surface area contributed by atoms with Crippen molar-refractivity contribution in [3.63, 3.8) is 0 Å². The van der Waals surface area contributed by atoms with Crippen molar-refractivity contribution < 1.29 is 9.47 Å². The van der Waals surface area contributed by atoms with Gasteiger partial charge in [0, 0.05) is 22.5 Å². The maximum Gasteiger partial charge on any atom is 0.265 e. The first-order chi connectivity index (χ1) is 13.7. The van der Waals surface area contributed by atoms with Gasteiger partial charge in [-0.2, -0.15) is 0 Å². The van der Waals surface area contributed by atoms with Gasteiger partial charge in [0.05, 0.1) is 36.2 Å². The van der Waals surface area contributed by atoms with Crippen LogP contribution in [0, 0.1) is 0 Å². The van der Waals surface area contributed by atoms with E-state index in [9.17, 15) is 4.79 Å². The summed E-state index contributed by atoms with van der Waals surface area (Å²) in [7, 11) is 3.19. The molecule has 0 atom stereocenters. The molecule has 0 unspecified atom stereocenters. The standard InChI is InChI=1S/C23H18N2O3/c1-27-19-12-16-17(13-20(19)28-2)24-22-15-10-6-7-11-18(15)25(23(26)21(16)22)14-8-4-3-5-9-14/h3-13,24H,1-2H3. The summed E-state index contributed by atoms with van der Waals surface area (Å²) in [5, 5.41) is 2.43. The molecule has 0 aliphatic carbocycles. The van der Waals surface area contributed by atoms with E-state index in [0.29, 0.717) is 16.9 Å². The number of ether oxygens (including phenoxy) is 2. The summed E-state index contributed by atoms with van der Waals surface area (Å²) >= 11 is 0. The Kier molecular flexibility index (Phi) is 3.62. The molecule has 2 heterocycles. The van der Waals surface area contributed by atoms with Gasteiger partial charge in [0.1, 0.15) is 0 Å². The van der Waals surface area contributed by atoms with Gasteiger partial charge in [-0.15, -0.1) is 0 Å². The second-order valence-electron chi connectivity index (χ2n) is 6.62. The molecular formula is C23H18N2O3. The minimum Gasteiger partial charge on any atom is -0.493 e. The minimum atomic E-state index is -0.0710. The zero-order chi connectivity index (χ0) is 19.3. The van der Waals surface area contributed by atoms with Crippen molar-refractivity contribution in [1.29, 1.82) is 0 Å². The molecule has 3 aromatic carbocycles. The van der Waals surface area contributed by atoms with E-state index in [4.69, 9.17) is 9.47 Å². The van der Waals surface area contributed by atoms with E-state index in [1.165, 1.54) is 0 Å². The van der Waals surface area contributed by atoms with Crippen LogP contribution < -0.4 is 15.0 Å². The lowest BCUT2D eigenvalue weighted by Crippen LogP contribution is -2.18. The van der Waals surface area contributed by atoms with Crippen LogP contribution in [0.3, 0.4) is 0 Å². The highest BCUT2D eigenvalue weighted by molar-refractivity contribution is 6.16. The number of hydrogen-bond donors (Lipinski definition) is 1. The fourth-order valence-electron chi connectivity index (χ4n) is 3.88. The zero-order valence-corrected chi connectivity index (χ0v) is 15.5. The lowest BCUT2D eigenvalue weighted by atomic mass is 10.1. The number of nitrogens with one attached hydrogen (secondary N) is 1. The average molecular weight is 370 g/mol. The zero-order valence-electron chi connectivity index (χ0n) is 15.5. The Morgan fingerprint density at radius 1 is 0.821 bits per heavy atom. The molecule has 0 aliphatic rings. The number of hydrogen-bond acceptors (Lipinski definition) is 3. The van der Waals surface area contributed by atoms with Crippen LogP contribution in [0.25, 0.3) is 38.4 Å². The Bertz CT molecular complexity index is 1400. The number of para-hydroxylation sites is 2. The molecule has 28 heavy (non-hydrogen) atoms. The minimum absolute atomic E-state index is 0.0710. The molecule has 0 radical (unpaired) electrons. The van der Waals surface area contributed by atoms with Gasteiger partial charge >= 0.3 is 0 Å². The lowest BCUT2D eigenvalue weighted by Gasteiger charge is -2.11. The third-order valence-corrected chi connectivity index (χ3v) is 5.15. The van der Waals surface area contributed by atoms with Crippen LogP contribution in [0.2, 0.25) is 0 Å². The van der Waals surface area contributed by atoms with E-state index in [1.54, 1.807) is 18.8 Å². The molecule has 5 nitrogen and oxygen atoms in total. The van der Waals surface area contributed by atoms with Crippen LogP contribution >= 0.6 is 0 Å². The highest BCUT2D eigenvalue weighted by Gasteiger charge is 2.18. The molecule has 1 N–H and O–H groups in total. The van der Waals surface area contributed by atoms with Gasteiger partial charge in [-0.05, 0) is 24.3 Å². The van der Waals surface area contributed by atoms with Gasteiger partial charge in [-0.1, -0.05) is 36.4 Å². The number of benzene rings is 3. The quantitative estimate of drug-likeness (QED) is 0.503. The van der Waals surface area contributed by atoms with Crippen LogP contribution in [0.4, 0.5) is 0 Å². The second-order valence-corrected chi connectivity index (χ2v) is 6.62. The van der Waals surface area contributed by atoms with Gasteiger partial charge in [-0.25, -0.2) is 0 Å². The topological polar surface area (TPSA) is 56.2 Å². The first kappa shape index (κ1) is 16.4. The van der Waals surface area contributed by atoms with Crippen LogP contribution in [-0.2, 0) is 0 Å². The molecule has 0 bridgehead atoms. The number of pyridine rings is 1. The molecule has 0 amide bonds. The summed E-state index contributed by atoms with van der Waals surface area (Å²) in [5.74, 6) is 1.21. The van der Waals surface area contributed by atoms with Crippen molar-refractivity contribution in [3.05, 3.63) is 77.1 Å². The smallest absolute Gasteiger partial charge is 0.265 e. The monoisotopic (exact) mass is 370 g/mol. The third kappa shape index (κ3) is 2.23. The van der Waals surface area contributed by atoms with E-state index in [-0.39, 0.29) is 5.56 Å². The lowest BCUT2D eigenvalue weighted by molar-refractivity contribution is 0.356. The first-order valence-corrected chi connectivity index (χ1v) is 8.99. The van der Waals surface area contributed by atoms with Gasteiger partial charge in [-0.3, -0.25) is 9.36 Å². The summed E-state index contributed by atoms with van der Waals surface area (Å²) in [4.78, 5) is 17.1. The number of fused-ring (bicyclic) bond motifs is 5. The van der Waals surface area contributed by atoms with E-state index in [0.717, 1.165) is 33.0 Å². The second kappa shape index (κ2) is 6.16. The van der Waals surface area contributed by atoms with Crippen molar-refractivity contribution >= 4 is 32.7 Å². The molecule has 0 saturated heterocycles. The number of nitrogens with zero attached hydrogens (tertiary/aromatic N) is 1. The van der Waals surface area contributed by atoms with Crippen molar-refractivity contribution in [1.82, 2.24) is 9.55 Å². The third-order valence-electron chi connectivity index (χ3n) is 5.15. The number of aromatic amines is 1. The highest BCUT2D eigenvalue weighted by atomic mass is 16.5. The number of H-pyrrole nitrogens is 1. The van der Waals surface area contributed by atoms with Crippen molar-refractivity contribution in [2.75, 3.05) is 14.2 Å². The van der Waals surface area contributed by atoms with E-state index in [1.807, 2.05) is 66.7 Å². The van der Waals surface area contributed by atoms with Gasteiger partial charge in [0.15, 0.2) is 11.5 Å². The molecule has 0 saturated carbocycles. The van der Waals surface area contributed by atoms with Crippen LogP contribution in [0.5, 0.6) is 11.5 Å². The van der Waals surface area contributed by atoms with E-state index in [2.05, 4.69) is 4.98 Å². The summed E-state index contributed by atoms with van der Waals surface area (Å²) in [5.41, 5.74) is 3.27. The number of rotatable bonds is 3. The molecular weight excluding hydrogens is 352 g/mol. The van der Waals surface area contributed by atoms with E-state index >= 15 is 0 Å². The molecule has 0 aliphatic heterocycles. The van der Waals surface area contributed by atoms with Crippen molar-refractivity contribution in [3.8, 4) is 17.2 Å². The summed E-state index contributed by atoms with van der Waals surface area (Å²) in [6.45, 7) is 0. The molecule has 5 rings (SSSR count). The van der Waals surface area contributed by atoms with E-state index < -0.39 is 0 Å². The normalized spacial score (nSPS) is 11.4. The molecule has 138 valence electrons. The summed E-state index contributed by atoms with van der Waals surface area (Å²) in [6.07, 6.45) is 0. The Labute approximate surface area is 160 Å². The Morgan fingerprint density at radius 2 is 1.50 bits per heavy atom. The summed E-state index contributed by atoms with van der Waals surface area (Å²) < 4.78 is 12.6. The molecule has 0 fully saturated rings. The first-order valence-electron chi connectivity index (χ1n) is 8.99.